The first kappa shape index (κ1) is 18.1. The number of allylic oxidation sites excluding steroid dienone is 1. The van der Waals surface area contributed by atoms with Gasteiger partial charge in [-0.3, -0.25) is 4.79 Å². The molecule has 23 heavy (non-hydrogen) atoms. The van der Waals surface area contributed by atoms with Crippen LogP contribution in [-0.2, 0) is 4.79 Å². The number of para-hydroxylation sites is 1. The van der Waals surface area contributed by atoms with Crippen molar-refractivity contribution >= 4 is 37.8 Å². The van der Waals surface area contributed by atoms with E-state index in [-0.39, 0.29) is 17.9 Å². The van der Waals surface area contributed by atoms with Gasteiger partial charge in [-0.05, 0) is 49.4 Å². The predicted octanol–water partition coefficient (Wildman–Crippen LogP) is 4.82. The standard InChI is InChI=1S/C18H18Br2O3/c1-17(2)14(12-15(19)20)18(17,16(21)22)10-6-7-11-23-13-8-4-3-5-9-13/h3-5,8-9,12,14H,10-11H2,1-2H3,(H,21,22)/t14?,18-/m0/s1. The Labute approximate surface area is 153 Å². The zero-order valence-corrected chi connectivity index (χ0v) is 16.1. The molecule has 1 N–H and O–H groups in total. The molecule has 0 bridgehead atoms. The maximum Gasteiger partial charge on any atom is 0.311 e. The summed E-state index contributed by atoms with van der Waals surface area (Å²) in [5.74, 6) is 5.79. The van der Waals surface area contributed by atoms with Gasteiger partial charge in [0.25, 0.3) is 0 Å². The zero-order valence-electron chi connectivity index (χ0n) is 13.0. The maximum atomic E-state index is 11.8. The molecule has 1 aliphatic rings. The predicted molar refractivity (Wildman–Crippen MR) is 97.6 cm³/mol. The highest BCUT2D eigenvalue weighted by Gasteiger charge is 2.74. The molecule has 0 heterocycles. The Hall–Kier alpha value is -1.25. The molecule has 122 valence electrons. The molecule has 2 atom stereocenters. The first-order valence-electron chi connectivity index (χ1n) is 7.22. The number of rotatable bonds is 5. The minimum absolute atomic E-state index is 0.0643. The summed E-state index contributed by atoms with van der Waals surface area (Å²) < 4.78 is 6.27. The van der Waals surface area contributed by atoms with E-state index >= 15 is 0 Å². The summed E-state index contributed by atoms with van der Waals surface area (Å²) in [6.07, 6.45) is 2.21. The van der Waals surface area contributed by atoms with Crippen LogP contribution in [0.4, 0.5) is 0 Å². The third-order valence-corrected chi connectivity index (χ3v) is 5.12. The SMILES string of the molecule is CC1(C)C(C=C(Br)Br)[C@@]1(CC#CCOc1ccccc1)C(=O)O. The van der Waals surface area contributed by atoms with Gasteiger partial charge in [0.2, 0.25) is 0 Å². The molecule has 0 spiro atoms. The molecule has 1 saturated carbocycles. The molecule has 3 nitrogen and oxygen atoms in total. The van der Waals surface area contributed by atoms with Gasteiger partial charge >= 0.3 is 5.97 Å². The van der Waals surface area contributed by atoms with Crippen molar-refractivity contribution in [3.63, 3.8) is 0 Å². The molecular weight excluding hydrogens is 424 g/mol. The van der Waals surface area contributed by atoms with E-state index in [4.69, 9.17) is 4.74 Å². The normalized spacial score (nSPS) is 24.1. The summed E-state index contributed by atoms with van der Waals surface area (Å²) >= 11 is 6.63. The first-order chi connectivity index (χ1) is 10.8. The fourth-order valence-electron chi connectivity index (χ4n) is 3.08. The smallest absolute Gasteiger partial charge is 0.311 e. The van der Waals surface area contributed by atoms with Crippen LogP contribution in [0.25, 0.3) is 0 Å². The van der Waals surface area contributed by atoms with Crippen molar-refractivity contribution in [2.45, 2.75) is 20.3 Å². The molecule has 0 radical (unpaired) electrons. The highest BCUT2D eigenvalue weighted by atomic mass is 79.9. The van der Waals surface area contributed by atoms with Crippen molar-refractivity contribution in [1.82, 2.24) is 0 Å². The Kier molecular flexibility index (Phi) is 5.59. The number of hydrogen-bond acceptors (Lipinski definition) is 2. The van der Waals surface area contributed by atoms with Crippen LogP contribution in [0.2, 0.25) is 0 Å². The number of halogens is 2. The quantitative estimate of drug-likeness (QED) is 0.666. The van der Waals surface area contributed by atoms with Gasteiger partial charge in [0.15, 0.2) is 0 Å². The van der Waals surface area contributed by atoms with E-state index in [1.165, 1.54) is 0 Å². The van der Waals surface area contributed by atoms with E-state index in [1.807, 2.05) is 50.3 Å². The van der Waals surface area contributed by atoms with Crippen LogP contribution in [-0.4, -0.2) is 17.7 Å². The lowest BCUT2D eigenvalue weighted by Crippen LogP contribution is -2.21. The van der Waals surface area contributed by atoms with E-state index in [1.54, 1.807) is 0 Å². The molecule has 1 aromatic carbocycles. The van der Waals surface area contributed by atoms with Crippen LogP contribution < -0.4 is 4.74 Å². The largest absolute Gasteiger partial charge is 0.481 e. The number of hydrogen-bond donors (Lipinski definition) is 1. The summed E-state index contributed by atoms with van der Waals surface area (Å²) in [5, 5.41) is 9.70. The second-order valence-corrected chi connectivity index (χ2v) is 8.84. The number of carbonyl (C=O) groups is 1. The van der Waals surface area contributed by atoms with Crippen LogP contribution in [0.15, 0.2) is 39.8 Å². The van der Waals surface area contributed by atoms with E-state index in [0.29, 0.717) is 6.42 Å². The highest BCUT2D eigenvalue weighted by Crippen LogP contribution is 2.71. The van der Waals surface area contributed by atoms with Crippen molar-refractivity contribution in [2.75, 3.05) is 6.61 Å². The zero-order chi connectivity index (χ0) is 17.1. The molecule has 5 heteroatoms. The highest BCUT2D eigenvalue weighted by molar-refractivity contribution is 9.28. The third kappa shape index (κ3) is 3.64. The van der Waals surface area contributed by atoms with Crippen molar-refractivity contribution in [3.05, 3.63) is 39.8 Å². The van der Waals surface area contributed by atoms with Crippen LogP contribution in [0.3, 0.4) is 0 Å². The fourth-order valence-corrected chi connectivity index (χ4v) is 3.61. The van der Waals surface area contributed by atoms with Crippen LogP contribution in [0.5, 0.6) is 5.75 Å². The number of benzene rings is 1. The minimum atomic E-state index is -0.848. The second-order valence-electron chi connectivity index (χ2n) is 6.06. The van der Waals surface area contributed by atoms with Gasteiger partial charge in [-0.15, -0.1) is 0 Å². The molecule has 0 aliphatic heterocycles. The lowest BCUT2D eigenvalue weighted by atomic mass is 9.92. The number of aliphatic carboxylic acids is 1. The lowest BCUT2D eigenvalue weighted by molar-refractivity contribution is -0.144. The Morgan fingerprint density at radius 1 is 1.30 bits per heavy atom. The molecule has 1 unspecified atom stereocenters. The summed E-state index contributed by atoms with van der Waals surface area (Å²) in [7, 11) is 0. The monoisotopic (exact) mass is 440 g/mol. The molecular formula is C18H18Br2O3. The lowest BCUT2D eigenvalue weighted by Gasteiger charge is -2.11. The van der Waals surface area contributed by atoms with Crippen molar-refractivity contribution in [3.8, 4) is 17.6 Å². The van der Waals surface area contributed by atoms with E-state index in [9.17, 15) is 9.90 Å². The van der Waals surface area contributed by atoms with Crippen molar-refractivity contribution in [2.24, 2.45) is 16.7 Å². The Morgan fingerprint density at radius 2 is 1.96 bits per heavy atom. The molecule has 0 saturated heterocycles. The van der Waals surface area contributed by atoms with Gasteiger partial charge in [0, 0.05) is 12.3 Å². The molecule has 2 rings (SSSR count). The average Bonchev–Trinajstić information content (AvgIpc) is 2.95. The number of ether oxygens (including phenoxy) is 1. The first-order valence-corrected chi connectivity index (χ1v) is 8.81. The van der Waals surface area contributed by atoms with Gasteiger partial charge < -0.3 is 9.84 Å². The van der Waals surface area contributed by atoms with Gasteiger partial charge in [-0.1, -0.05) is 50.0 Å². The third-order valence-electron chi connectivity index (χ3n) is 4.60. The van der Waals surface area contributed by atoms with E-state index in [0.717, 1.165) is 9.14 Å². The number of carboxylic acids is 1. The van der Waals surface area contributed by atoms with Crippen molar-refractivity contribution < 1.29 is 14.6 Å². The molecule has 1 fully saturated rings. The summed E-state index contributed by atoms with van der Waals surface area (Å²) in [4.78, 5) is 11.8. The summed E-state index contributed by atoms with van der Waals surface area (Å²) in [5.41, 5.74) is -1.18. The molecule has 1 aromatic rings. The molecule has 0 amide bonds. The second kappa shape index (κ2) is 7.11. The number of carboxylic acid groups (broad SMARTS) is 1. The minimum Gasteiger partial charge on any atom is -0.481 e. The summed E-state index contributed by atoms with van der Waals surface area (Å²) in [6, 6.07) is 9.42. The van der Waals surface area contributed by atoms with Gasteiger partial charge in [-0.2, -0.15) is 0 Å². The van der Waals surface area contributed by atoms with Crippen LogP contribution in [0.1, 0.15) is 20.3 Å². The molecule has 1 aliphatic carbocycles. The maximum absolute atomic E-state index is 11.8. The van der Waals surface area contributed by atoms with Gasteiger partial charge in [-0.25, -0.2) is 0 Å². The van der Waals surface area contributed by atoms with Crippen molar-refractivity contribution in [1.29, 1.82) is 0 Å². The van der Waals surface area contributed by atoms with Gasteiger partial charge in [0.05, 0.1) is 8.81 Å². The Balaban J connectivity index is 2.01. The fraction of sp³-hybridized carbons (Fsp3) is 0.389. The van der Waals surface area contributed by atoms with Gasteiger partial charge in [0.1, 0.15) is 12.4 Å². The Morgan fingerprint density at radius 3 is 2.52 bits per heavy atom. The van der Waals surface area contributed by atoms with E-state index in [2.05, 4.69) is 43.7 Å². The van der Waals surface area contributed by atoms with E-state index < -0.39 is 11.4 Å². The summed E-state index contributed by atoms with van der Waals surface area (Å²) in [6.45, 7) is 4.18. The Bertz CT molecular complexity index is 667. The topological polar surface area (TPSA) is 46.5 Å². The van der Waals surface area contributed by atoms with Crippen LogP contribution >= 0.6 is 31.9 Å². The van der Waals surface area contributed by atoms with Crippen LogP contribution in [0, 0.1) is 28.6 Å². The average molecular weight is 442 g/mol. The molecule has 0 aromatic heterocycles.